The van der Waals surface area contributed by atoms with Crippen LogP contribution in [0.4, 0.5) is 11.4 Å². The van der Waals surface area contributed by atoms with Crippen LogP contribution >= 0.6 is 0 Å². The van der Waals surface area contributed by atoms with Crippen molar-refractivity contribution in [2.24, 2.45) is 4.99 Å². The molecular weight excluding hydrogens is 398 g/mol. The van der Waals surface area contributed by atoms with Gasteiger partial charge in [0.15, 0.2) is 18.8 Å². The summed E-state index contributed by atoms with van der Waals surface area (Å²) in [5, 5.41) is 3.21. The largest absolute Gasteiger partial charge is 0.378 e. The van der Waals surface area contributed by atoms with Crippen LogP contribution in [0.2, 0.25) is 10.1 Å². The highest BCUT2D eigenvalue weighted by atomic mass is 28.3. The lowest BCUT2D eigenvalue weighted by Gasteiger charge is -2.55. The van der Waals surface area contributed by atoms with E-state index in [1.165, 1.54) is 27.5 Å². The molecule has 166 valence electrons. The van der Waals surface area contributed by atoms with Gasteiger partial charge in [0.05, 0.1) is 11.4 Å². The quantitative estimate of drug-likeness (QED) is 0.365. The number of benzene rings is 1. The molecule has 0 N–H and O–H groups in total. The zero-order valence-corrected chi connectivity index (χ0v) is 21.5. The van der Waals surface area contributed by atoms with Crippen molar-refractivity contribution in [2.75, 3.05) is 45.3 Å². The van der Waals surface area contributed by atoms with Crippen LogP contribution in [0, 0.1) is 0 Å². The van der Waals surface area contributed by atoms with Gasteiger partial charge in [-0.05, 0) is 44.7 Å². The zero-order chi connectivity index (χ0) is 22.6. The van der Waals surface area contributed by atoms with Gasteiger partial charge in [0.1, 0.15) is 21.3 Å². The minimum Gasteiger partial charge on any atom is -0.378 e. The smallest absolute Gasteiger partial charge is 0.200 e. The highest BCUT2D eigenvalue weighted by Crippen LogP contribution is 2.57. The normalized spacial score (nSPS) is 20.6. The second-order valence-corrected chi connectivity index (χ2v) is 16.8. The molecule has 1 aliphatic carbocycles. The third-order valence-corrected chi connectivity index (χ3v) is 14.1. The summed E-state index contributed by atoms with van der Waals surface area (Å²) in [5.74, 6) is 0. The first-order chi connectivity index (χ1) is 14.5. The second kappa shape index (κ2) is 7.56. The summed E-state index contributed by atoms with van der Waals surface area (Å²) in [6.07, 6.45) is 7.01. The van der Waals surface area contributed by atoms with Gasteiger partial charge in [-0.1, -0.05) is 41.5 Å². The van der Waals surface area contributed by atoms with E-state index in [0.29, 0.717) is 0 Å². The number of allylic oxidation sites excluding steroid dienone is 4. The molecule has 0 aromatic heterocycles. The van der Waals surface area contributed by atoms with Crippen molar-refractivity contribution in [3.05, 3.63) is 41.6 Å². The Morgan fingerprint density at radius 3 is 2.19 bits per heavy atom. The fourth-order valence-electron chi connectivity index (χ4n) is 6.16. The first-order valence-electron chi connectivity index (χ1n) is 11.5. The molecule has 31 heavy (non-hydrogen) atoms. The van der Waals surface area contributed by atoms with Crippen LogP contribution in [0.5, 0.6) is 0 Å². The lowest BCUT2D eigenvalue weighted by atomic mass is 10.1. The third kappa shape index (κ3) is 3.46. The standard InChI is InChI=1S/C26H38N3OSi/c1-25(2,3)31(26(4,5)6)23-17-19(28(7)8)9-11-21(23)27-22-12-10-20(18-24(22)31)29-13-15-30-16-14-29/h9-12,17-18H,13-16H2,1-8H3/q+1. The molecule has 0 amide bonds. The average molecular weight is 437 g/mol. The van der Waals surface area contributed by atoms with Gasteiger partial charge in [-0.15, -0.1) is 0 Å². The lowest BCUT2D eigenvalue weighted by molar-refractivity contribution is -0.547. The maximum absolute atomic E-state index is 5.61. The molecule has 0 atom stereocenters. The van der Waals surface area contributed by atoms with Gasteiger partial charge in [0, 0.05) is 31.9 Å². The van der Waals surface area contributed by atoms with Gasteiger partial charge >= 0.3 is 0 Å². The SMILES string of the molecule is CN(C)c1ccc2c(c1)[Si](C(C)(C)C)(C(C)(C)C)C1=CC(=[N+]3CCOCC3)C=CC1=N2. The topological polar surface area (TPSA) is 27.8 Å². The van der Waals surface area contributed by atoms with Crippen LogP contribution in [-0.2, 0) is 4.74 Å². The van der Waals surface area contributed by atoms with Gasteiger partial charge < -0.3 is 9.64 Å². The molecule has 1 aromatic rings. The average Bonchev–Trinajstić information content (AvgIpc) is 2.69. The highest BCUT2D eigenvalue weighted by Gasteiger charge is 2.60. The van der Waals surface area contributed by atoms with Crippen molar-refractivity contribution < 1.29 is 9.31 Å². The van der Waals surface area contributed by atoms with Crippen LogP contribution in [-0.4, -0.2) is 64.5 Å². The fraction of sp³-hybridized carbons (Fsp3) is 0.538. The first kappa shape index (κ1) is 22.2. The van der Waals surface area contributed by atoms with E-state index in [-0.39, 0.29) is 10.1 Å². The van der Waals surface area contributed by atoms with Gasteiger partial charge in [-0.25, -0.2) is 9.57 Å². The van der Waals surface area contributed by atoms with Crippen LogP contribution in [0.3, 0.4) is 0 Å². The lowest BCUT2D eigenvalue weighted by Crippen LogP contribution is -2.66. The van der Waals surface area contributed by atoms with Crippen molar-refractivity contribution in [1.29, 1.82) is 0 Å². The molecule has 5 heteroatoms. The van der Waals surface area contributed by atoms with E-state index < -0.39 is 8.07 Å². The third-order valence-electron chi connectivity index (χ3n) is 7.15. The Balaban J connectivity index is 2.06. The number of fused-ring (bicyclic) bond motifs is 2. The van der Waals surface area contributed by atoms with E-state index in [9.17, 15) is 0 Å². The van der Waals surface area contributed by atoms with Crippen molar-refractivity contribution >= 4 is 36.1 Å². The Morgan fingerprint density at radius 2 is 1.61 bits per heavy atom. The van der Waals surface area contributed by atoms with Crippen molar-refractivity contribution in [3.63, 3.8) is 0 Å². The molecule has 1 saturated heterocycles. The van der Waals surface area contributed by atoms with E-state index in [4.69, 9.17) is 9.73 Å². The number of aliphatic imine (C=N–C) groups is 1. The molecule has 1 aromatic carbocycles. The molecule has 0 radical (unpaired) electrons. The molecule has 0 saturated carbocycles. The number of nitrogens with zero attached hydrogens (tertiary/aromatic N) is 3. The van der Waals surface area contributed by atoms with Gasteiger partial charge in [-0.2, -0.15) is 0 Å². The van der Waals surface area contributed by atoms with E-state index in [1.807, 2.05) is 0 Å². The fourth-order valence-corrected chi connectivity index (χ4v) is 13.7. The Labute approximate surface area is 189 Å². The maximum Gasteiger partial charge on any atom is 0.200 e. The summed E-state index contributed by atoms with van der Waals surface area (Å²) >= 11 is 0. The Kier molecular flexibility index (Phi) is 5.42. The van der Waals surface area contributed by atoms with Gasteiger partial charge in [0.2, 0.25) is 0 Å². The number of hydrogen-bond donors (Lipinski definition) is 0. The number of anilines is 1. The maximum atomic E-state index is 5.61. The van der Waals surface area contributed by atoms with E-state index >= 15 is 0 Å². The summed E-state index contributed by atoms with van der Waals surface area (Å²) in [7, 11) is 1.98. The summed E-state index contributed by atoms with van der Waals surface area (Å²) in [6, 6.07) is 6.88. The number of ether oxygens (including phenoxy) is 1. The summed E-state index contributed by atoms with van der Waals surface area (Å²) in [6.45, 7) is 18.2. The Hall–Kier alpha value is -1.98. The number of rotatable bonds is 1. The molecule has 0 spiro atoms. The second-order valence-electron chi connectivity index (χ2n) is 11.3. The molecule has 4 nitrogen and oxygen atoms in total. The number of morpholine rings is 1. The molecular formula is C26H38N3OSi+. The van der Waals surface area contributed by atoms with E-state index in [0.717, 1.165) is 32.0 Å². The minimum atomic E-state index is -2.28. The predicted molar refractivity (Wildman–Crippen MR) is 136 cm³/mol. The first-order valence-corrected chi connectivity index (χ1v) is 13.5. The number of hydrogen-bond acceptors (Lipinski definition) is 3. The molecule has 0 unspecified atom stereocenters. The van der Waals surface area contributed by atoms with Crippen LogP contribution < -0.4 is 10.1 Å². The molecule has 0 bridgehead atoms. The van der Waals surface area contributed by atoms with Crippen LogP contribution in [0.25, 0.3) is 0 Å². The molecule has 3 aliphatic rings. The monoisotopic (exact) mass is 436 g/mol. The van der Waals surface area contributed by atoms with E-state index in [2.05, 4.69) is 102 Å². The minimum absolute atomic E-state index is 0.124. The van der Waals surface area contributed by atoms with Crippen LogP contribution in [0.1, 0.15) is 41.5 Å². The Morgan fingerprint density at radius 1 is 0.968 bits per heavy atom. The molecule has 2 aliphatic heterocycles. The predicted octanol–water partition coefficient (Wildman–Crippen LogP) is 4.61. The summed E-state index contributed by atoms with van der Waals surface area (Å²) in [5.41, 5.74) is 4.90. The van der Waals surface area contributed by atoms with Crippen molar-refractivity contribution in [2.45, 2.75) is 51.6 Å². The Bertz CT molecular complexity index is 994. The van der Waals surface area contributed by atoms with Crippen LogP contribution in [0.15, 0.2) is 46.6 Å². The van der Waals surface area contributed by atoms with Gasteiger partial charge in [0.25, 0.3) is 0 Å². The summed E-state index contributed by atoms with van der Waals surface area (Å²) in [4.78, 5) is 7.40. The molecule has 4 rings (SSSR count). The van der Waals surface area contributed by atoms with Crippen molar-refractivity contribution in [1.82, 2.24) is 0 Å². The van der Waals surface area contributed by atoms with Gasteiger partial charge in [-0.3, -0.25) is 0 Å². The van der Waals surface area contributed by atoms with E-state index in [1.54, 1.807) is 0 Å². The molecule has 2 heterocycles. The highest BCUT2D eigenvalue weighted by molar-refractivity contribution is 7.06. The molecule has 1 fully saturated rings. The van der Waals surface area contributed by atoms with Crippen molar-refractivity contribution in [3.8, 4) is 0 Å². The summed E-state index contributed by atoms with van der Waals surface area (Å²) < 4.78 is 8.08. The zero-order valence-electron chi connectivity index (χ0n) is 20.5.